The highest BCUT2D eigenvalue weighted by Gasteiger charge is 2.22. The number of hydrogen-bond acceptors (Lipinski definition) is 5. The quantitative estimate of drug-likeness (QED) is 0.810. The SMILES string of the molecule is CC(=O)NC(CC(=O)NS(=O)(=O)c1cccnc1)c1ccc(C)cc1. The summed E-state index contributed by atoms with van der Waals surface area (Å²) < 4.78 is 26.3. The van der Waals surface area contributed by atoms with Crippen molar-refractivity contribution in [3.05, 3.63) is 59.9 Å². The van der Waals surface area contributed by atoms with Crippen molar-refractivity contribution in [3.63, 3.8) is 0 Å². The van der Waals surface area contributed by atoms with E-state index >= 15 is 0 Å². The van der Waals surface area contributed by atoms with E-state index in [0.717, 1.165) is 17.3 Å². The van der Waals surface area contributed by atoms with E-state index in [-0.39, 0.29) is 17.2 Å². The average Bonchev–Trinajstić information content (AvgIpc) is 2.55. The molecule has 0 saturated heterocycles. The van der Waals surface area contributed by atoms with Crippen LogP contribution in [0.25, 0.3) is 0 Å². The van der Waals surface area contributed by atoms with Gasteiger partial charge in [-0.3, -0.25) is 14.6 Å². The molecule has 0 fully saturated rings. The van der Waals surface area contributed by atoms with Gasteiger partial charge in [0.1, 0.15) is 4.90 Å². The minimum Gasteiger partial charge on any atom is -0.349 e. The number of carbonyl (C=O) groups excluding carboxylic acids is 2. The number of nitrogens with zero attached hydrogens (tertiary/aromatic N) is 1. The second-order valence-corrected chi connectivity index (χ2v) is 7.27. The Hall–Kier alpha value is -2.74. The maximum atomic E-state index is 12.2. The molecule has 1 atom stereocenters. The number of rotatable bonds is 6. The highest BCUT2D eigenvalue weighted by Crippen LogP contribution is 2.18. The molecule has 7 nitrogen and oxygen atoms in total. The minimum atomic E-state index is -4.00. The molecule has 8 heteroatoms. The zero-order valence-corrected chi connectivity index (χ0v) is 14.7. The largest absolute Gasteiger partial charge is 0.349 e. The molecule has 2 rings (SSSR count). The fourth-order valence-electron chi connectivity index (χ4n) is 2.24. The average molecular weight is 361 g/mol. The number of amides is 2. The molecule has 0 spiro atoms. The van der Waals surface area contributed by atoms with Crippen LogP contribution in [0, 0.1) is 6.92 Å². The van der Waals surface area contributed by atoms with Crippen LogP contribution in [-0.2, 0) is 19.6 Å². The standard InChI is InChI=1S/C17H19N3O4S/c1-12-5-7-14(8-6-12)16(19-13(2)21)10-17(22)20-25(23,24)15-4-3-9-18-11-15/h3-9,11,16H,10H2,1-2H3,(H,19,21)(H,20,22). The third kappa shape index (κ3) is 5.39. The van der Waals surface area contributed by atoms with Gasteiger partial charge < -0.3 is 5.32 Å². The van der Waals surface area contributed by atoms with E-state index in [2.05, 4.69) is 10.3 Å². The molecule has 1 heterocycles. The van der Waals surface area contributed by atoms with Gasteiger partial charge in [-0.2, -0.15) is 0 Å². The van der Waals surface area contributed by atoms with Crippen molar-refractivity contribution in [1.82, 2.24) is 15.0 Å². The van der Waals surface area contributed by atoms with E-state index in [1.807, 2.05) is 23.8 Å². The van der Waals surface area contributed by atoms with Crippen LogP contribution in [0.1, 0.15) is 30.5 Å². The normalized spacial score (nSPS) is 12.2. The van der Waals surface area contributed by atoms with Crippen LogP contribution >= 0.6 is 0 Å². The third-order valence-corrected chi connectivity index (χ3v) is 4.80. The number of benzene rings is 1. The Bertz CT molecular complexity index is 849. The minimum absolute atomic E-state index is 0.102. The van der Waals surface area contributed by atoms with Gasteiger partial charge in [0.15, 0.2) is 0 Å². The van der Waals surface area contributed by atoms with Crippen molar-refractivity contribution < 1.29 is 18.0 Å². The van der Waals surface area contributed by atoms with Gasteiger partial charge in [0, 0.05) is 19.3 Å². The first-order valence-corrected chi connectivity index (χ1v) is 9.05. The Kier molecular flexibility index (Phi) is 5.87. The third-order valence-electron chi connectivity index (χ3n) is 3.44. The highest BCUT2D eigenvalue weighted by molar-refractivity contribution is 7.90. The smallest absolute Gasteiger partial charge is 0.265 e. The molecule has 0 bridgehead atoms. The fourth-order valence-corrected chi connectivity index (χ4v) is 3.20. The van der Waals surface area contributed by atoms with Crippen LogP contribution in [0.2, 0.25) is 0 Å². The van der Waals surface area contributed by atoms with Crippen molar-refractivity contribution >= 4 is 21.8 Å². The first-order valence-electron chi connectivity index (χ1n) is 7.57. The molecule has 132 valence electrons. The number of sulfonamides is 1. The van der Waals surface area contributed by atoms with Gasteiger partial charge >= 0.3 is 0 Å². The topological polar surface area (TPSA) is 105 Å². The van der Waals surface area contributed by atoms with Gasteiger partial charge in [-0.15, -0.1) is 0 Å². The lowest BCUT2D eigenvalue weighted by Crippen LogP contribution is -2.35. The van der Waals surface area contributed by atoms with Crippen molar-refractivity contribution in [2.75, 3.05) is 0 Å². The Balaban J connectivity index is 2.14. The van der Waals surface area contributed by atoms with Crippen molar-refractivity contribution in [3.8, 4) is 0 Å². The number of hydrogen-bond donors (Lipinski definition) is 2. The summed E-state index contributed by atoms with van der Waals surface area (Å²) in [5, 5.41) is 2.67. The van der Waals surface area contributed by atoms with E-state index in [9.17, 15) is 18.0 Å². The number of nitrogens with one attached hydrogen (secondary N) is 2. The number of pyridine rings is 1. The monoisotopic (exact) mass is 361 g/mol. The first kappa shape index (κ1) is 18.6. The van der Waals surface area contributed by atoms with Gasteiger partial charge in [-0.05, 0) is 24.6 Å². The fraction of sp³-hybridized carbons (Fsp3) is 0.235. The summed E-state index contributed by atoms with van der Waals surface area (Å²) in [5.74, 6) is -1.03. The van der Waals surface area contributed by atoms with Crippen LogP contribution in [-0.4, -0.2) is 25.2 Å². The van der Waals surface area contributed by atoms with Gasteiger partial charge in [0.25, 0.3) is 10.0 Å². The van der Waals surface area contributed by atoms with Crippen LogP contribution in [0.15, 0.2) is 53.7 Å². The molecule has 1 unspecified atom stereocenters. The van der Waals surface area contributed by atoms with Gasteiger partial charge in [0.2, 0.25) is 11.8 Å². The van der Waals surface area contributed by atoms with Crippen molar-refractivity contribution in [2.24, 2.45) is 0 Å². The summed E-state index contributed by atoms with van der Waals surface area (Å²) in [7, 11) is -4.00. The van der Waals surface area contributed by atoms with Gasteiger partial charge in [-0.25, -0.2) is 13.1 Å². The Morgan fingerprint density at radius 1 is 1.16 bits per heavy atom. The van der Waals surface area contributed by atoms with E-state index in [4.69, 9.17) is 0 Å². The maximum absolute atomic E-state index is 12.2. The second kappa shape index (κ2) is 7.89. The van der Waals surface area contributed by atoms with Crippen LogP contribution < -0.4 is 10.0 Å². The summed E-state index contributed by atoms with van der Waals surface area (Å²) in [5.41, 5.74) is 1.75. The zero-order chi connectivity index (χ0) is 18.4. The number of aryl methyl sites for hydroxylation is 1. The molecular formula is C17H19N3O4S. The molecule has 0 saturated carbocycles. The molecule has 2 amide bonds. The molecule has 0 aliphatic rings. The molecule has 1 aromatic heterocycles. The molecule has 0 radical (unpaired) electrons. The summed E-state index contributed by atoms with van der Waals surface area (Å²) in [6, 6.07) is 9.47. The number of carbonyl (C=O) groups is 2. The Morgan fingerprint density at radius 3 is 2.40 bits per heavy atom. The molecule has 1 aromatic carbocycles. The summed E-state index contributed by atoms with van der Waals surface area (Å²) in [6.45, 7) is 3.26. The number of aromatic nitrogens is 1. The predicted octanol–water partition coefficient (Wildman–Crippen LogP) is 1.46. The van der Waals surface area contributed by atoms with Gasteiger partial charge in [0.05, 0.1) is 12.5 Å². The Labute approximate surface area is 146 Å². The molecular weight excluding hydrogens is 342 g/mol. The van der Waals surface area contributed by atoms with Crippen molar-refractivity contribution in [1.29, 1.82) is 0 Å². The lowest BCUT2D eigenvalue weighted by atomic mass is 10.0. The molecule has 25 heavy (non-hydrogen) atoms. The van der Waals surface area contributed by atoms with Crippen LogP contribution in [0.4, 0.5) is 0 Å². The van der Waals surface area contributed by atoms with Crippen molar-refractivity contribution in [2.45, 2.75) is 31.2 Å². The lowest BCUT2D eigenvalue weighted by Gasteiger charge is -2.18. The van der Waals surface area contributed by atoms with E-state index in [1.165, 1.54) is 25.3 Å². The highest BCUT2D eigenvalue weighted by atomic mass is 32.2. The lowest BCUT2D eigenvalue weighted by molar-refractivity contribution is -0.121. The van der Waals surface area contributed by atoms with E-state index in [1.54, 1.807) is 12.1 Å². The van der Waals surface area contributed by atoms with Gasteiger partial charge in [-0.1, -0.05) is 29.8 Å². The maximum Gasteiger partial charge on any atom is 0.265 e. The molecule has 0 aliphatic heterocycles. The van der Waals surface area contributed by atoms with Crippen LogP contribution in [0.5, 0.6) is 0 Å². The summed E-state index contributed by atoms with van der Waals surface area (Å²) in [6.07, 6.45) is 2.38. The molecule has 0 aliphatic carbocycles. The molecule has 2 N–H and O–H groups in total. The Morgan fingerprint density at radius 2 is 1.84 bits per heavy atom. The second-order valence-electron chi connectivity index (χ2n) is 5.59. The predicted molar refractivity (Wildman–Crippen MR) is 91.9 cm³/mol. The zero-order valence-electron chi connectivity index (χ0n) is 13.9. The van der Waals surface area contributed by atoms with E-state index < -0.39 is 22.0 Å². The van der Waals surface area contributed by atoms with E-state index in [0.29, 0.717) is 0 Å². The summed E-state index contributed by atoms with van der Waals surface area (Å²) >= 11 is 0. The van der Waals surface area contributed by atoms with Crippen LogP contribution in [0.3, 0.4) is 0 Å². The summed E-state index contributed by atoms with van der Waals surface area (Å²) in [4.78, 5) is 27.2. The molecule has 2 aromatic rings. The first-order chi connectivity index (χ1) is 11.8.